The van der Waals surface area contributed by atoms with Crippen molar-refractivity contribution in [3.63, 3.8) is 0 Å². The van der Waals surface area contributed by atoms with Crippen molar-refractivity contribution in [1.29, 1.82) is 5.26 Å². The minimum atomic E-state index is -1.02. The molecule has 34 heavy (non-hydrogen) atoms. The fraction of sp³-hybridized carbons (Fsp3) is 0.391. The van der Waals surface area contributed by atoms with Gasteiger partial charge in [-0.25, -0.2) is 4.79 Å². The number of ether oxygens (including phenoxy) is 1. The van der Waals surface area contributed by atoms with Gasteiger partial charge in [-0.05, 0) is 70.9 Å². The number of thiocarbonyl (C=S) groups is 1. The zero-order chi connectivity index (χ0) is 25.2. The van der Waals surface area contributed by atoms with Crippen LogP contribution in [-0.2, 0) is 9.53 Å². The van der Waals surface area contributed by atoms with Gasteiger partial charge in [0.15, 0.2) is 5.11 Å². The largest absolute Gasteiger partial charge is 0.448 e. The summed E-state index contributed by atoms with van der Waals surface area (Å²) in [5, 5.41) is 11.9. The molecule has 1 aliphatic carbocycles. The van der Waals surface area contributed by atoms with E-state index in [-0.39, 0.29) is 22.6 Å². The Morgan fingerprint density at radius 1 is 1.41 bits per heavy atom. The van der Waals surface area contributed by atoms with Crippen LogP contribution in [0.1, 0.15) is 25.8 Å². The van der Waals surface area contributed by atoms with E-state index in [1.807, 2.05) is 31.1 Å². The minimum Gasteiger partial charge on any atom is -0.448 e. The Bertz CT molecular complexity index is 1130. The second kappa shape index (κ2) is 10.3. The van der Waals surface area contributed by atoms with E-state index in [2.05, 4.69) is 5.32 Å². The van der Waals surface area contributed by atoms with Gasteiger partial charge < -0.3 is 14.5 Å². The first-order valence-electron chi connectivity index (χ1n) is 10.5. The van der Waals surface area contributed by atoms with Gasteiger partial charge in [-0.1, -0.05) is 17.7 Å². The molecule has 2 amide bonds. The van der Waals surface area contributed by atoms with E-state index in [4.69, 9.17) is 45.4 Å². The monoisotopic (exact) mass is 521 g/mol. The Balaban J connectivity index is 1.86. The number of likely N-dealkylation sites (N-methyl/N-ethyl adjacent to an activating group) is 1. The molecule has 0 radical (unpaired) electrons. The number of nitrogens with one attached hydrogen (secondary N) is 1. The van der Waals surface area contributed by atoms with Crippen LogP contribution in [0.15, 0.2) is 41.7 Å². The van der Waals surface area contributed by atoms with Crippen LogP contribution in [0.25, 0.3) is 0 Å². The second-order valence-electron chi connectivity index (χ2n) is 8.59. The number of halogens is 2. The van der Waals surface area contributed by atoms with Crippen molar-refractivity contribution in [3.8, 4) is 6.07 Å². The predicted molar refractivity (Wildman–Crippen MR) is 136 cm³/mol. The first kappa shape index (κ1) is 26.0. The number of alkyl carbamates (subject to hydrolysis) is 1. The smallest absolute Gasteiger partial charge is 0.411 e. The zero-order valence-corrected chi connectivity index (χ0v) is 21.6. The van der Waals surface area contributed by atoms with Gasteiger partial charge in [0.25, 0.3) is 5.91 Å². The van der Waals surface area contributed by atoms with Crippen LogP contribution in [0.3, 0.4) is 0 Å². The summed E-state index contributed by atoms with van der Waals surface area (Å²) in [4.78, 5) is 30.6. The van der Waals surface area contributed by atoms with E-state index >= 15 is 0 Å². The van der Waals surface area contributed by atoms with Crippen LogP contribution in [0.5, 0.6) is 0 Å². The van der Waals surface area contributed by atoms with E-state index in [1.165, 1.54) is 4.90 Å². The number of rotatable bonds is 6. The highest BCUT2D eigenvalue weighted by Crippen LogP contribution is 2.38. The van der Waals surface area contributed by atoms with E-state index in [0.717, 1.165) is 0 Å². The first-order valence-corrected chi connectivity index (χ1v) is 11.7. The predicted octanol–water partition coefficient (Wildman–Crippen LogP) is 3.99. The van der Waals surface area contributed by atoms with E-state index in [1.54, 1.807) is 43.0 Å². The zero-order valence-electron chi connectivity index (χ0n) is 19.3. The number of carbonyl (C=O) groups excluding carboxylic acids is 2. The van der Waals surface area contributed by atoms with Crippen LogP contribution in [0, 0.1) is 11.3 Å². The maximum absolute atomic E-state index is 13.4. The van der Waals surface area contributed by atoms with Crippen molar-refractivity contribution in [2.75, 3.05) is 32.1 Å². The molecule has 0 spiro atoms. The molecular weight excluding hydrogens is 497 g/mol. The standard InChI is InChI=1S/C23H25Cl2N5O3S/c1-23(2)20(31)29(15-6-5-14(13-26)18(25)11-15)22(34)30(23)16-7-8-17(24)19(12-16)27-21(32)33-10-9-28(3)4/h5-7,11-12,17H,8-10H2,1-4H3,(H,27,32). The molecule has 1 aromatic rings. The average Bonchev–Trinajstić information content (AvgIpc) is 2.93. The number of hydrogen-bond acceptors (Lipinski definition) is 6. The van der Waals surface area contributed by atoms with Crippen molar-refractivity contribution in [1.82, 2.24) is 15.1 Å². The molecule has 1 aromatic carbocycles. The number of nitrogens with zero attached hydrogens (tertiary/aromatic N) is 4. The Kier molecular flexibility index (Phi) is 7.88. The quantitative estimate of drug-likeness (QED) is 0.447. The molecule has 1 heterocycles. The summed E-state index contributed by atoms with van der Waals surface area (Å²) in [7, 11) is 3.77. The Morgan fingerprint density at radius 3 is 2.74 bits per heavy atom. The average molecular weight is 522 g/mol. The van der Waals surface area contributed by atoms with Crippen molar-refractivity contribution < 1.29 is 14.3 Å². The lowest BCUT2D eigenvalue weighted by atomic mass is 10.00. The van der Waals surface area contributed by atoms with E-state index in [9.17, 15) is 9.59 Å². The summed E-state index contributed by atoms with van der Waals surface area (Å²) >= 11 is 18.3. The van der Waals surface area contributed by atoms with Gasteiger partial charge in [-0.2, -0.15) is 5.26 Å². The lowest BCUT2D eigenvalue weighted by molar-refractivity contribution is -0.122. The maximum Gasteiger partial charge on any atom is 0.411 e. The highest BCUT2D eigenvalue weighted by atomic mass is 35.5. The summed E-state index contributed by atoms with van der Waals surface area (Å²) < 4.78 is 5.20. The number of carbonyl (C=O) groups is 2. The lowest BCUT2D eigenvalue weighted by Gasteiger charge is -2.33. The summed E-state index contributed by atoms with van der Waals surface area (Å²) in [5.41, 5.74) is 0.841. The van der Waals surface area contributed by atoms with E-state index < -0.39 is 17.0 Å². The molecule has 1 saturated heterocycles. The van der Waals surface area contributed by atoms with Crippen molar-refractivity contribution in [3.05, 3.63) is 52.3 Å². The van der Waals surface area contributed by atoms with Gasteiger partial charge in [0.05, 0.1) is 21.7 Å². The molecular formula is C23H25Cl2N5O3S. The molecule has 180 valence electrons. The third kappa shape index (κ3) is 5.20. The number of anilines is 1. The van der Waals surface area contributed by atoms with Crippen molar-refractivity contribution >= 4 is 58.2 Å². The summed E-state index contributed by atoms with van der Waals surface area (Å²) in [6.07, 6.45) is 3.39. The van der Waals surface area contributed by atoms with E-state index in [0.29, 0.717) is 35.6 Å². The molecule has 0 bridgehead atoms. The van der Waals surface area contributed by atoms with Gasteiger partial charge in [-0.3, -0.25) is 15.0 Å². The van der Waals surface area contributed by atoms with Crippen LogP contribution >= 0.6 is 35.4 Å². The number of hydrogen-bond donors (Lipinski definition) is 1. The number of nitriles is 1. The third-order valence-corrected chi connectivity index (χ3v) is 6.54. The van der Waals surface area contributed by atoms with Gasteiger partial charge >= 0.3 is 6.09 Å². The molecule has 1 aliphatic heterocycles. The highest BCUT2D eigenvalue weighted by Gasteiger charge is 2.51. The van der Waals surface area contributed by atoms with Gasteiger partial charge in [0, 0.05) is 17.9 Å². The SMILES string of the molecule is CN(C)CCOC(=O)NC1=CC(N2C(=S)N(c3ccc(C#N)c(Cl)c3)C(=O)C2(C)C)=CCC1Cl. The van der Waals surface area contributed by atoms with Crippen LogP contribution in [0.2, 0.25) is 5.02 Å². The molecule has 1 fully saturated rings. The molecule has 0 saturated carbocycles. The topological polar surface area (TPSA) is 88.9 Å². The summed E-state index contributed by atoms with van der Waals surface area (Å²) in [6, 6.07) is 6.72. The molecule has 1 unspecified atom stereocenters. The molecule has 0 aromatic heterocycles. The normalized spacial score (nSPS) is 19.6. The number of allylic oxidation sites excluding steroid dienone is 3. The Hall–Kier alpha value is -2.64. The van der Waals surface area contributed by atoms with Crippen LogP contribution < -0.4 is 10.2 Å². The molecule has 2 aliphatic rings. The maximum atomic E-state index is 13.4. The first-order chi connectivity index (χ1) is 16.0. The minimum absolute atomic E-state index is 0.230. The molecule has 8 nitrogen and oxygen atoms in total. The fourth-order valence-electron chi connectivity index (χ4n) is 3.59. The summed E-state index contributed by atoms with van der Waals surface area (Å²) in [6.45, 7) is 4.35. The van der Waals surface area contributed by atoms with Crippen LogP contribution in [0.4, 0.5) is 10.5 Å². The van der Waals surface area contributed by atoms with Crippen LogP contribution in [-0.4, -0.2) is 65.1 Å². The number of benzene rings is 1. The second-order valence-corrected chi connectivity index (χ2v) is 9.89. The molecule has 11 heteroatoms. The molecule has 3 rings (SSSR count). The van der Waals surface area contributed by atoms with Gasteiger partial charge in [0.2, 0.25) is 0 Å². The highest BCUT2D eigenvalue weighted by molar-refractivity contribution is 7.80. The number of alkyl halides is 1. The Labute approximate surface area is 214 Å². The third-order valence-electron chi connectivity index (χ3n) is 5.45. The molecule has 1 atom stereocenters. The number of amides is 2. The summed E-state index contributed by atoms with van der Waals surface area (Å²) in [5.74, 6) is -0.252. The van der Waals surface area contributed by atoms with Gasteiger partial charge in [0.1, 0.15) is 18.2 Å². The lowest BCUT2D eigenvalue weighted by Crippen LogP contribution is -2.44. The van der Waals surface area contributed by atoms with Gasteiger partial charge in [-0.15, -0.1) is 11.6 Å². The van der Waals surface area contributed by atoms with Crippen molar-refractivity contribution in [2.24, 2.45) is 0 Å². The fourth-order valence-corrected chi connectivity index (χ4v) is 4.54. The molecule has 1 N–H and O–H groups in total. The Morgan fingerprint density at radius 2 is 2.12 bits per heavy atom. The van der Waals surface area contributed by atoms with Crippen molar-refractivity contribution in [2.45, 2.75) is 31.2 Å².